The van der Waals surface area contributed by atoms with E-state index in [1.54, 1.807) is 18.3 Å². The maximum Gasteiger partial charge on any atom is 0.306 e. The molecule has 3 fully saturated rings. The van der Waals surface area contributed by atoms with E-state index < -0.39 is 5.97 Å². The Morgan fingerprint density at radius 3 is 2.42 bits per heavy atom. The highest BCUT2D eigenvalue weighted by molar-refractivity contribution is 6.36. The number of aryl methyl sites for hydroxylation is 1. The highest BCUT2D eigenvalue weighted by Gasteiger charge is 2.40. The van der Waals surface area contributed by atoms with Crippen LogP contribution in [0, 0.1) is 5.92 Å². The quantitative estimate of drug-likeness (QED) is 0.281. The molecular formula is C36H44Cl2N4O6. The fraction of sp³-hybridized carbons (Fsp3) is 0.528. The summed E-state index contributed by atoms with van der Waals surface area (Å²) in [6.45, 7) is 6.73. The van der Waals surface area contributed by atoms with E-state index >= 15 is 0 Å². The molecule has 3 aromatic rings. The van der Waals surface area contributed by atoms with Gasteiger partial charge in [-0.05, 0) is 69.7 Å². The van der Waals surface area contributed by atoms with Crippen LogP contribution >= 0.6 is 23.2 Å². The summed E-state index contributed by atoms with van der Waals surface area (Å²) in [6.07, 6.45) is 5.46. The van der Waals surface area contributed by atoms with Crippen LogP contribution < -0.4 is 5.32 Å². The van der Waals surface area contributed by atoms with E-state index in [-0.39, 0.29) is 54.5 Å². The number of aliphatic carboxylic acids is 1. The summed E-state index contributed by atoms with van der Waals surface area (Å²) in [7, 11) is 1.89. The molecule has 4 atom stereocenters. The second-order valence-electron chi connectivity index (χ2n) is 13.7. The molecule has 1 saturated carbocycles. The van der Waals surface area contributed by atoms with Gasteiger partial charge in [0.15, 0.2) is 0 Å². The monoisotopic (exact) mass is 698 g/mol. The van der Waals surface area contributed by atoms with Crippen LogP contribution in [0.25, 0.3) is 10.9 Å². The van der Waals surface area contributed by atoms with Crippen molar-refractivity contribution in [2.45, 2.75) is 82.8 Å². The maximum atomic E-state index is 14.0. The van der Waals surface area contributed by atoms with Crippen molar-refractivity contribution in [3.05, 3.63) is 63.8 Å². The van der Waals surface area contributed by atoms with Gasteiger partial charge in [-0.2, -0.15) is 0 Å². The zero-order chi connectivity index (χ0) is 34.1. The van der Waals surface area contributed by atoms with Crippen molar-refractivity contribution >= 4 is 57.6 Å². The summed E-state index contributed by atoms with van der Waals surface area (Å²) >= 11 is 13.4. The predicted octanol–water partition coefficient (Wildman–Crippen LogP) is 6.02. The number of rotatable bonds is 9. The average Bonchev–Trinajstić information content (AvgIpc) is 3.64. The number of anilines is 1. The van der Waals surface area contributed by atoms with Gasteiger partial charge in [0.25, 0.3) is 5.91 Å². The number of carbonyl (C=O) groups is 3. The number of likely N-dealkylation sites (tertiary alicyclic amines) is 1. The molecule has 10 nitrogen and oxygen atoms in total. The minimum atomic E-state index is -0.739. The lowest BCUT2D eigenvalue weighted by Gasteiger charge is -2.38. The molecule has 0 radical (unpaired) electrons. The third-order valence-corrected chi connectivity index (χ3v) is 10.8. The number of nitrogens with one attached hydrogen (secondary N) is 1. The first-order valence-electron chi connectivity index (χ1n) is 16.8. The zero-order valence-electron chi connectivity index (χ0n) is 27.7. The van der Waals surface area contributed by atoms with Crippen molar-refractivity contribution in [2.75, 3.05) is 31.6 Å². The molecule has 1 aliphatic carbocycles. The summed E-state index contributed by atoms with van der Waals surface area (Å²) < 4.78 is 14.2. The average molecular weight is 700 g/mol. The van der Waals surface area contributed by atoms with Crippen molar-refractivity contribution in [3.63, 3.8) is 0 Å². The molecule has 3 aliphatic rings. The van der Waals surface area contributed by atoms with E-state index in [2.05, 4.69) is 24.1 Å². The largest absolute Gasteiger partial charge is 0.481 e. The molecule has 2 unspecified atom stereocenters. The molecule has 258 valence electrons. The van der Waals surface area contributed by atoms with Gasteiger partial charge in [-0.15, -0.1) is 0 Å². The van der Waals surface area contributed by atoms with Crippen molar-refractivity contribution < 1.29 is 29.0 Å². The number of benzene rings is 2. The Labute approximate surface area is 291 Å². The number of fused-ring (bicyclic) bond motifs is 1. The molecule has 2 N–H and O–H groups in total. The lowest BCUT2D eigenvalue weighted by atomic mass is 9.87. The molecule has 2 amide bonds. The Morgan fingerprint density at radius 1 is 1.00 bits per heavy atom. The predicted molar refractivity (Wildman–Crippen MR) is 186 cm³/mol. The minimum Gasteiger partial charge on any atom is -0.481 e. The van der Waals surface area contributed by atoms with Crippen molar-refractivity contribution in [1.82, 2.24) is 14.4 Å². The summed E-state index contributed by atoms with van der Waals surface area (Å²) in [5.41, 5.74) is 2.42. The van der Waals surface area contributed by atoms with Crippen molar-refractivity contribution in [2.24, 2.45) is 13.0 Å². The lowest BCUT2D eigenvalue weighted by molar-refractivity contribution is -0.144. The Bertz CT molecular complexity index is 1660. The SMILES string of the molecule is CC1CN([C@H]2C[C@@H](COC3CCC(C(=O)O)CC3)N(C(=O)Cc3cc(Cl)c(NC(=O)c4cn(C)c5ccccc45)cc3Cl)C2)CC(C)O1. The van der Waals surface area contributed by atoms with Crippen LogP contribution in [0.5, 0.6) is 0 Å². The first-order chi connectivity index (χ1) is 23.0. The molecule has 0 spiro atoms. The summed E-state index contributed by atoms with van der Waals surface area (Å²) in [6, 6.07) is 11.0. The summed E-state index contributed by atoms with van der Waals surface area (Å²) in [5, 5.41) is 13.7. The molecule has 3 heterocycles. The van der Waals surface area contributed by atoms with Crippen LogP contribution in [0.15, 0.2) is 42.6 Å². The number of carboxylic acid groups (broad SMARTS) is 1. The molecule has 1 aromatic heterocycles. The van der Waals surface area contributed by atoms with Gasteiger partial charge in [0, 0.05) is 54.8 Å². The van der Waals surface area contributed by atoms with E-state index in [9.17, 15) is 19.5 Å². The van der Waals surface area contributed by atoms with Crippen LogP contribution in [0.2, 0.25) is 10.0 Å². The highest BCUT2D eigenvalue weighted by Crippen LogP contribution is 2.33. The van der Waals surface area contributed by atoms with Gasteiger partial charge in [0.2, 0.25) is 5.91 Å². The fourth-order valence-electron chi connectivity index (χ4n) is 7.66. The number of aromatic nitrogens is 1. The number of carbonyl (C=O) groups excluding carboxylic acids is 2. The van der Waals surface area contributed by atoms with Gasteiger partial charge >= 0.3 is 5.97 Å². The number of hydrogen-bond acceptors (Lipinski definition) is 6. The second-order valence-corrected chi connectivity index (χ2v) is 14.5. The van der Waals surface area contributed by atoms with E-state index in [1.165, 1.54) is 0 Å². The molecule has 2 aromatic carbocycles. The topological polar surface area (TPSA) is 113 Å². The smallest absolute Gasteiger partial charge is 0.306 e. The van der Waals surface area contributed by atoms with Gasteiger partial charge in [-0.1, -0.05) is 41.4 Å². The molecular weight excluding hydrogens is 655 g/mol. The summed E-state index contributed by atoms with van der Waals surface area (Å²) in [4.78, 5) is 43.0. The van der Waals surface area contributed by atoms with E-state index in [4.69, 9.17) is 32.7 Å². The first kappa shape index (κ1) is 34.7. The minimum absolute atomic E-state index is 0.00934. The summed E-state index contributed by atoms with van der Waals surface area (Å²) in [5.74, 6) is -1.42. The van der Waals surface area contributed by atoms with Gasteiger partial charge in [-0.25, -0.2) is 0 Å². The van der Waals surface area contributed by atoms with Crippen molar-refractivity contribution in [3.8, 4) is 0 Å². The van der Waals surface area contributed by atoms with Crippen LogP contribution in [-0.2, 0) is 32.5 Å². The number of halogens is 2. The standard InChI is InChI=1S/C36H44Cl2N4O6/c1-21-16-41(17-22(2)48-21)25-14-26(20-47-27-10-8-23(9-11-27)36(45)46)42(18-25)34(43)13-24-12-31(38)32(15-30(24)37)39-35(44)29-19-40(3)33-7-5-4-6-28(29)33/h4-7,12,15,19,21-23,25-27H,8-11,13-14,16-18,20H2,1-3H3,(H,39,44)(H,45,46)/t21?,22?,23?,25-,26-,27?/m0/s1. The Morgan fingerprint density at radius 2 is 1.71 bits per heavy atom. The third-order valence-electron chi connectivity index (χ3n) is 10.1. The molecule has 6 rings (SSSR count). The third kappa shape index (κ3) is 7.68. The molecule has 2 aliphatic heterocycles. The van der Waals surface area contributed by atoms with Gasteiger partial charge < -0.3 is 29.4 Å². The van der Waals surface area contributed by atoms with Gasteiger partial charge in [-0.3, -0.25) is 19.3 Å². The fourth-order valence-corrected chi connectivity index (χ4v) is 8.12. The molecule has 2 saturated heterocycles. The van der Waals surface area contributed by atoms with Crippen LogP contribution in [-0.4, -0.2) is 93.9 Å². The molecule has 48 heavy (non-hydrogen) atoms. The second kappa shape index (κ2) is 14.8. The zero-order valence-corrected chi connectivity index (χ0v) is 29.2. The van der Waals surface area contributed by atoms with Crippen LogP contribution in [0.4, 0.5) is 5.69 Å². The molecule has 12 heteroatoms. The number of nitrogens with zero attached hydrogens (tertiary/aromatic N) is 3. The van der Waals surface area contributed by atoms with Gasteiger partial charge in [0.1, 0.15) is 0 Å². The first-order valence-corrected chi connectivity index (χ1v) is 17.6. The lowest BCUT2D eigenvalue weighted by Crippen LogP contribution is -2.51. The Balaban J connectivity index is 1.14. The Kier molecular flexibility index (Phi) is 10.7. The number of amides is 2. The normalized spacial score (nSPS) is 26.6. The molecule has 0 bridgehead atoms. The van der Waals surface area contributed by atoms with Gasteiger partial charge in [0.05, 0.1) is 59.6 Å². The highest BCUT2D eigenvalue weighted by atomic mass is 35.5. The van der Waals surface area contributed by atoms with Crippen LogP contribution in [0.3, 0.4) is 0 Å². The number of ether oxygens (including phenoxy) is 2. The maximum absolute atomic E-state index is 14.0. The van der Waals surface area contributed by atoms with Crippen molar-refractivity contribution in [1.29, 1.82) is 0 Å². The number of hydrogen-bond donors (Lipinski definition) is 2. The van der Waals surface area contributed by atoms with Crippen LogP contribution in [0.1, 0.15) is 61.9 Å². The van der Waals surface area contributed by atoms with E-state index in [0.717, 1.165) is 30.4 Å². The number of carboxylic acids is 1. The number of para-hydroxylation sites is 1. The van der Waals surface area contributed by atoms with E-state index in [1.807, 2.05) is 40.8 Å². The number of morpholine rings is 1. The van der Waals surface area contributed by atoms with E-state index in [0.29, 0.717) is 65.7 Å². The Hall–Kier alpha value is -3.15.